The van der Waals surface area contributed by atoms with E-state index in [0.29, 0.717) is 5.41 Å². The van der Waals surface area contributed by atoms with Crippen molar-refractivity contribution in [2.45, 2.75) is 34.1 Å². The van der Waals surface area contributed by atoms with Gasteiger partial charge in [0.15, 0.2) is 0 Å². The Morgan fingerprint density at radius 2 is 2.00 bits per heavy atom. The van der Waals surface area contributed by atoms with Crippen LogP contribution < -0.4 is 5.32 Å². The molecular weight excluding hydrogens is 182 g/mol. The van der Waals surface area contributed by atoms with Gasteiger partial charge < -0.3 is 5.32 Å². The summed E-state index contributed by atoms with van der Waals surface area (Å²) >= 11 is 0. The average Bonchev–Trinajstić information content (AvgIpc) is 2.16. The SMILES string of the molecule is Cc1cccc2c1NCC(C(C)(C)C)C2. The fourth-order valence-corrected chi connectivity index (χ4v) is 2.33. The predicted molar refractivity (Wildman–Crippen MR) is 66.3 cm³/mol. The molecule has 2 rings (SSSR count). The monoisotopic (exact) mass is 203 g/mol. The summed E-state index contributed by atoms with van der Waals surface area (Å²) in [4.78, 5) is 0. The van der Waals surface area contributed by atoms with Gasteiger partial charge in [-0.15, -0.1) is 0 Å². The lowest BCUT2D eigenvalue weighted by Gasteiger charge is -2.36. The number of anilines is 1. The lowest BCUT2D eigenvalue weighted by molar-refractivity contribution is 0.247. The van der Waals surface area contributed by atoms with Gasteiger partial charge >= 0.3 is 0 Å². The van der Waals surface area contributed by atoms with E-state index in [0.717, 1.165) is 12.5 Å². The zero-order chi connectivity index (χ0) is 11.1. The Kier molecular flexibility index (Phi) is 2.49. The summed E-state index contributed by atoms with van der Waals surface area (Å²) in [6.45, 7) is 10.3. The Morgan fingerprint density at radius 1 is 1.27 bits per heavy atom. The molecule has 1 aliphatic rings. The van der Waals surface area contributed by atoms with E-state index >= 15 is 0 Å². The number of para-hydroxylation sites is 1. The average molecular weight is 203 g/mol. The third-order valence-corrected chi connectivity index (χ3v) is 3.58. The molecule has 1 aliphatic heterocycles. The van der Waals surface area contributed by atoms with Crippen molar-refractivity contribution in [3.05, 3.63) is 29.3 Å². The maximum Gasteiger partial charge on any atom is 0.0402 e. The quantitative estimate of drug-likeness (QED) is 0.679. The van der Waals surface area contributed by atoms with Crippen LogP contribution in [0.5, 0.6) is 0 Å². The first-order valence-electron chi connectivity index (χ1n) is 5.81. The summed E-state index contributed by atoms with van der Waals surface area (Å²) in [7, 11) is 0. The van der Waals surface area contributed by atoms with E-state index in [4.69, 9.17) is 0 Å². The molecule has 1 aromatic rings. The van der Waals surface area contributed by atoms with Crippen LogP contribution in [-0.4, -0.2) is 6.54 Å². The Morgan fingerprint density at radius 3 is 2.67 bits per heavy atom. The van der Waals surface area contributed by atoms with E-state index in [1.54, 1.807) is 0 Å². The molecule has 1 aromatic carbocycles. The Balaban J connectivity index is 2.28. The highest BCUT2D eigenvalue weighted by Crippen LogP contribution is 2.35. The molecule has 82 valence electrons. The normalized spacial score (nSPS) is 20.7. The van der Waals surface area contributed by atoms with Gasteiger partial charge in [0.25, 0.3) is 0 Å². The highest BCUT2D eigenvalue weighted by atomic mass is 14.9. The van der Waals surface area contributed by atoms with Crippen molar-refractivity contribution in [1.82, 2.24) is 0 Å². The van der Waals surface area contributed by atoms with Gasteiger partial charge in [0.1, 0.15) is 0 Å². The third kappa shape index (κ3) is 2.01. The van der Waals surface area contributed by atoms with Gasteiger partial charge in [0, 0.05) is 12.2 Å². The molecule has 0 fully saturated rings. The molecule has 0 saturated heterocycles. The van der Waals surface area contributed by atoms with Crippen LogP contribution in [0.2, 0.25) is 0 Å². The first kappa shape index (κ1) is 10.5. The van der Waals surface area contributed by atoms with Crippen LogP contribution in [0.3, 0.4) is 0 Å². The standard InChI is InChI=1S/C14H21N/c1-10-6-5-7-11-8-12(14(2,3)4)9-15-13(10)11/h5-7,12,15H,8-9H2,1-4H3. The molecule has 1 atom stereocenters. The fraction of sp³-hybridized carbons (Fsp3) is 0.571. The summed E-state index contributed by atoms with van der Waals surface area (Å²) in [5, 5.41) is 3.59. The number of hydrogen-bond acceptors (Lipinski definition) is 1. The summed E-state index contributed by atoms with van der Waals surface area (Å²) < 4.78 is 0. The smallest absolute Gasteiger partial charge is 0.0402 e. The fourth-order valence-electron chi connectivity index (χ4n) is 2.33. The van der Waals surface area contributed by atoms with Crippen molar-refractivity contribution in [2.75, 3.05) is 11.9 Å². The minimum atomic E-state index is 0.397. The van der Waals surface area contributed by atoms with Crippen LogP contribution in [-0.2, 0) is 6.42 Å². The topological polar surface area (TPSA) is 12.0 Å². The van der Waals surface area contributed by atoms with Crippen LogP contribution in [0.1, 0.15) is 31.9 Å². The van der Waals surface area contributed by atoms with Crippen molar-refractivity contribution < 1.29 is 0 Å². The summed E-state index contributed by atoms with van der Waals surface area (Å²) in [5.41, 5.74) is 4.63. The number of fused-ring (bicyclic) bond motifs is 1. The molecule has 0 aromatic heterocycles. The maximum atomic E-state index is 3.59. The molecule has 1 nitrogen and oxygen atoms in total. The van der Waals surface area contributed by atoms with Crippen molar-refractivity contribution in [2.24, 2.45) is 11.3 Å². The molecular formula is C14H21N. The molecule has 1 heteroatoms. The number of rotatable bonds is 0. The minimum Gasteiger partial charge on any atom is -0.384 e. The van der Waals surface area contributed by atoms with Gasteiger partial charge in [0.05, 0.1) is 0 Å². The largest absolute Gasteiger partial charge is 0.384 e. The second-order valence-electron chi connectivity index (χ2n) is 5.76. The molecule has 1 N–H and O–H groups in total. The zero-order valence-electron chi connectivity index (χ0n) is 10.2. The minimum absolute atomic E-state index is 0.397. The van der Waals surface area contributed by atoms with Crippen LogP contribution in [0.15, 0.2) is 18.2 Å². The number of nitrogens with one attached hydrogen (secondary N) is 1. The van der Waals surface area contributed by atoms with Gasteiger partial charge in [0.2, 0.25) is 0 Å². The van der Waals surface area contributed by atoms with Gasteiger partial charge in [-0.2, -0.15) is 0 Å². The van der Waals surface area contributed by atoms with Crippen molar-refractivity contribution >= 4 is 5.69 Å². The Labute approximate surface area is 92.9 Å². The van der Waals surface area contributed by atoms with Gasteiger partial charge in [-0.05, 0) is 35.8 Å². The molecule has 1 heterocycles. The zero-order valence-corrected chi connectivity index (χ0v) is 10.2. The molecule has 0 bridgehead atoms. The maximum absolute atomic E-state index is 3.59. The van der Waals surface area contributed by atoms with E-state index in [1.165, 1.54) is 23.2 Å². The number of hydrogen-bond donors (Lipinski definition) is 1. The summed E-state index contributed by atoms with van der Waals surface area (Å²) in [6, 6.07) is 6.61. The van der Waals surface area contributed by atoms with E-state index in [1.807, 2.05) is 0 Å². The molecule has 0 aliphatic carbocycles. The third-order valence-electron chi connectivity index (χ3n) is 3.58. The molecule has 0 amide bonds. The number of aryl methyl sites for hydroxylation is 1. The van der Waals surface area contributed by atoms with Crippen LogP contribution in [0.4, 0.5) is 5.69 Å². The first-order chi connectivity index (χ1) is 6.98. The van der Waals surface area contributed by atoms with Gasteiger partial charge in [-0.3, -0.25) is 0 Å². The predicted octanol–water partition coefficient (Wildman–Crippen LogP) is 3.63. The van der Waals surface area contributed by atoms with Crippen molar-refractivity contribution in [3.63, 3.8) is 0 Å². The van der Waals surface area contributed by atoms with Crippen LogP contribution in [0.25, 0.3) is 0 Å². The molecule has 0 radical (unpaired) electrons. The van der Waals surface area contributed by atoms with Gasteiger partial charge in [-0.25, -0.2) is 0 Å². The highest BCUT2D eigenvalue weighted by molar-refractivity contribution is 5.58. The van der Waals surface area contributed by atoms with Gasteiger partial charge in [-0.1, -0.05) is 39.0 Å². The highest BCUT2D eigenvalue weighted by Gasteiger charge is 2.28. The molecule has 0 spiro atoms. The Bertz CT molecular complexity index is 360. The second kappa shape index (κ2) is 3.55. The molecule has 15 heavy (non-hydrogen) atoms. The molecule has 1 unspecified atom stereocenters. The van der Waals surface area contributed by atoms with E-state index < -0.39 is 0 Å². The van der Waals surface area contributed by atoms with Crippen LogP contribution in [0, 0.1) is 18.3 Å². The lowest BCUT2D eigenvalue weighted by atomic mass is 9.75. The van der Waals surface area contributed by atoms with Crippen LogP contribution >= 0.6 is 0 Å². The van der Waals surface area contributed by atoms with E-state index in [2.05, 4.69) is 51.2 Å². The summed E-state index contributed by atoms with van der Waals surface area (Å²) in [6.07, 6.45) is 1.22. The van der Waals surface area contributed by atoms with E-state index in [9.17, 15) is 0 Å². The second-order valence-corrected chi connectivity index (χ2v) is 5.76. The van der Waals surface area contributed by atoms with Crippen molar-refractivity contribution in [1.29, 1.82) is 0 Å². The first-order valence-corrected chi connectivity index (χ1v) is 5.81. The summed E-state index contributed by atoms with van der Waals surface area (Å²) in [5.74, 6) is 0.742. The number of benzene rings is 1. The van der Waals surface area contributed by atoms with E-state index in [-0.39, 0.29) is 0 Å². The Hall–Kier alpha value is -0.980. The molecule has 0 saturated carbocycles. The lowest BCUT2D eigenvalue weighted by Crippen LogP contribution is -2.33. The van der Waals surface area contributed by atoms with Crippen molar-refractivity contribution in [3.8, 4) is 0 Å².